The van der Waals surface area contributed by atoms with Gasteiger partial charge in [-0.3, -0.25) is 4.79 Å². The van der Waals surface area contributed by atoms with Gasteiger partial charge >= 0.3 is 0 Å². The second-order valence-corrected chi connectivity index (χ2v) is 8.23. The molecular formula is C23H27F2NO2. The van der Waals surface area contributed by atoms with Gasteiger partial charge in [0, 0.05) is 18.0 Å². The number of nitrogens with one attached hydrogen (secondary N) is 1. The van der Waals surface area contributed by atoms with Crippen LogP contribution in [-0.4, -0.2) is 19.1 Å². The van der Waals surface area contributed by atoms with Crippen molar-refractivity contribution in [2.24, 2.45) is 5.41 Å². The molecule has 2 aromatic carbocycles. The normalized spacial score (nSPS) is 19.9. The molecule has 0 aromatic heterocycles. The van der Waals surface area contributed by atoms with Crippen molar-refractivity contribution in [3.63, 3.8) is 0 Å². The third-order valence-electron chi connectivity index (χ3n) is 5.78. The Bertz CT molecular complexity index is 848. The van der Waals surface area contributed by atoms with Gasteiger partial charge < -0.3 is 10.1 Å². The Labute approximate surface area is 165 Å². The van der Waals surface area contributed by atoms with E-state index in [9.17, 15) is 13.6 Å². The quantitative estimate of drug-likeness (QED) is 0.708. The maximum absolute atomic E-state index is 14.3. The first kappa shape index (κ1) is 20.3. The van der Waals surface area contributed by atoms with Crippen molar-refractivity contribution < 1.29 is 18.3 Å². The highest BCUT2D eigenvalue weighted by molar-refractivity contribution is 5.77. The number of carbonyl (C=O) groups is 1. The lowest BCUT2D eigenvalue weighted by molar-refractivity contribution is -0.123. The first-order valence-electron chi connectivity index (χ1n) is 9.71. The van der Waals surface area contributed by atoms with Gasteiger partial charge in [0.15, 0.2) is 6.61 Å². The molecule has 150 valence electrons. The van der Waals surface area contributed by atoms with Crippen LogP contribution in [0.5, 0.6) is 5.75 Å². The molecule has 3 rings (SSSR count). The summed E-state index contributed by atoms with van der Waals surface area (Å²) in [6.07, 6.45) is 2.82. The first-order valence-corrected chi connectivity index (χ1v) is 9.71. The molecule has 1 aliphatic carbocycles. The van der Waals surface area contributed by atoms with Crippen LogP contribution in [0.2, 0.25) is 0 Å². The fourth-order valence-electron chi connectivity index (χ4n) is 3.94. The van der Waals surface area contributed by atoms with Gasteiger partial charge in [0.05, 0.1) is 0 Å². The molecule has 1 atom stereocenters. The molecule has 1 saturated carbocycles. The van der Waals surface area contributed by atoms with Crippen molar-refractivity contribution in [3.05, 3.63) is 65.2 Å². The zero-order chi connectivity index (χ0) is 20.4. The first-order chi connectivity index (χ1) is 13.3. The van der Waals surface area contributed by atoms with E-state index < -0.39 is 17.0 Å². The van der Waals surface area contributed by atoms with E-state index in [2.05, 4.69) is 12.2 Å². The largest absolute Gasteiger partial charge is 0.484 e. The highest BCUT2D eigenvalue weighted by atomic mass is 19.1. The topological polar surface area (TPSA) is 38.3 Å². The zero-order valence-corrected chi connectivity index (χ0v) is 16.6. The molecule has 28 heavy (non-hydrogen) atoms. The second kappa shape index (κ2) is 7.90. The molecule has 0 spiro atoms. The summed E-state index contributed by atoms with van der Waals surface area (Å²) >= 11 is 0. The fourth-order valence-corrected chi connectivity index (χ4v) is 3.94. The Kier molecular flexibility index (Phi) is 5.73. The molecule has 2 aromatic rings. The van der Waals surface area contributed by atoms with E-state index in [1.165, 1.54) is 17.7 Å². The molecule has 3 nitrogen and oxygen atoms in total. The molecule has 1 fully saturated rings. The molecule has 1 N–H and O–H groups in total. The summed E-state index contributed by atoms with van der Waals surface area (Å²) < 4.78 is 33.1. The van der Waals surface area contributed by atoms with E-state index in [0.29, 0.717) is 17.9 Å². The lowest BCUT2D eigenvalue weighted by Crippen LogP contribution is -2.37. The Morgan fingerprint density at radius 2 is 1.82 bits per heavy atom. The van der Waals surface area contributed by atoms with Gasteiger partial charge in [0.2, 0.25) is 0 Å². The van der Waals surface area contributed by atoms with Gasteiger partial charge in [-0.1, -0.05) is 45.4 Å². The van der Waals surface area contributed by atoms with Gasteiger partial charge in [-0.15, -0.1) is 0 Å². The third-order valence-corrected chi connectivity index (χ3v) is 5.78. The van der Waals surface area contributed by atoms with Crippen molar-refractivity contribution in [1.82, 2.24) is 5.32 Å². The van der Waals surface area contributed by atoms with Crippen LogP contribution in [-0.2, 0) is 16.6 Å². The van der Waals surface area contributed by atoms with Crippen molar-refractivity contribution in [1.29, 1.82) is 0 Å². The number of benzene rings is 2. The Morgan fingerprint density at radius 1 is 1.14 bits per heavy atom. The van der Waals surface area contributed by atoms with E-state index >= 15 is 0 Å². The van der Waals surface area contributed by atoms with E-state index in [0.717, 1.165) is 25.3 Å². The van der Waals surface area contributed by atoms with Crippen LogP contribution in [0.1, 0.15) is 44.7 Å². The third kappa shape index (κ3) is 4.18. The summed E-state index contributed by atoms with van der Waals surface area (Å²) in [7, 11) is 0. The fraction of sp³-hybridized carbons (Fsp3) is 0.435. The molecule has 0 aliphatic heterocycles. The summed E-state index contributed by atoms with van der Waals surface area (Å²) in [4.78, 5) is 12.3. The molecule has 1 aliphatic rings. The molecule has 0 heterocycles. The minimum Gasteiger partial charge on any atom is -0.484 e. The van der Waals surface area contributed by atoms with Gasteiger partial charge in [0.25, 0.3) is 5.91 Å². The van der Waals surface area contributed by atoms with E-state index in [1.54, 1.807) is 0 Å². The molecule has 1 amide bonds. The Hall–Kier alpha value is -2.43. The van der Waals surface area contributed by atoms with Crippen molar-refractivity contribution in [2.45, 2.75) is 45.4 Å². The predicted molar refractivity (Wildman–Crippen MR) is 105 cm³/mol. The van der Waals surface area contributed by atoms with Crippen molar-refractivity contribution in [3.8, 4) is 5.75 Å². The summed E-state index contributed by atoms with van der Waals surface area (Å²) in [5.41, 5.74) is 0.988. The van der Waals surface area contributed by atoms with Crippen LogP contribution in [0.15, 0.2) is 42.5 Å². The van der Waals surface area contributed by atoms with E-state index in [4.69, 9.17) is 4.74 Å². The molecule has 0 saturated heterocycles. The lowest BCUT2D eigenvalue weighted by Gasteiger charge is -2.22. The monoisotopic (exact) mass is 387 g/mol. The van der Waals surface area contributed by atoms with Crippen molar-refractivity contribution in [2.75, 3.05) is 13.2 Å². The van der Waals surface area contributed by atoms with Crippen LogP contribution in [0.25, 0.3) is 0 Å². The summed E-state index contributed by atoms with van der Waals surface area (Å²) in [6.45, 7) is 6.36. The molecular weight excluding hydrogens is 360 g/mol. The Balaban J connectivity index is 1.58. The standard InChI is InChI=1S/C23H27F2NO2/c1-4-5-16-6-9-18(10-7-16)28-13-21(27)26-15-23(14-22(23,2)3)19-11-8-17(24)12-20(19)25/h6-12H,4-5,13-15H2,1-3H3,(H,26,27). The highest BCUT2D eigenvalue weighted by Crippen LogP contribution is 2.64. The SMILES string of the molecule is CCCc1ccc(OCC(=O)NCC2(c3ccc(F)cc3F)CC2(C)C)cc1. The van der Waals surface area contributed by atoms with Gasteiger partial charge in [-0.05, 0) is 47.6 Å². The van der Waals surface area contributed by atoms with Gasteiger partial charge in [-0.25, -0.2) is 8.78 Å². The smallest absolute Gasteiger partial charge is 0.257 e. The lowest BCUT2D eigenvalue weighted by atomic mass is 9.87. The average molecular weight is 387 g/mol. The summed E-state index contributed by atoms with van der Waals surface area (Å²) in [6, 6.07) is 11.4. The van der Waals surface area contributed by atoms with Crippen LogP contribution in [0, 0.1) is 17.0 Å². The second-order valence-electron chi connectivity index (χ2n) is 8.23. The maximum Gasteiger partial charge on any atom is 0.257 e. The zero-order valence-electron chi connectivity index (χ0n) is 16.6. The maximum atomic E-state index is 14.3. The molecule has 5 heteroatoms. The number of rotatable bonds is 8. The number of hydrogen-bond acceptors (Lipinski definition) is 2. The average Bonchev–Trinajstić information content (AvgIpc) is 3.21. The van der Waals surface area contributed by atoms with Crippen LogP contribution in [0.4, 0.5) is 8.78 Å². The minimum atomic E-state index is -0.600. The van der Waals surface area contributed by atoms with E-state index in [1.807, 2.05) is 38.1 Å². The minimum absolute atomic E-state index is 0.102. The predicted octanol–water partition coefficient (Wildman–Crippen LogP) is 4.78. The van der Waals surface area contributed by atoms with E-state index in [-0.39, 0.29) is 17.9 Å². The number of ether oxygens (including phenoxy) is 1. The van der Waals surface area contributed by atoms with Crippen molar-refractivity contribution >= 4 is 5.91 Å². The molecule has 0 radical (unpaired) electrons. The summed E-state index contributed by atoms with van der Waals surface area (Å²) in [5.74, 6) is -0.788. The molecule has 1 unspecified atom stereocenters. The van der Waals surface area contributed by atoms with Gasteiger partial charge in [0.1, 0.15) is 17.4 Å². The van der Waals surface area contributed by atoms with Gasteiger partial charge in [-0.2, -0.15) is 0 Å². The van der Waals surface area contributed by atoms with Crippen LogP contribution >= 0.6 is 0 Å². The number of halogens is 2. The number of hydrogen-bond donors (Lipinski definition) is 1. The number of aryl methyl sites for hydroxylation is 1. The Morgan fingerprint density at radius 3 is 2.39 bits per heavy atom. The van der Waals surface area contributed by atoms with Crippen LogP contribution < -0.4 is 10.1 Å². The number of carbonyl (C=O) groups excluding carboxylic acids is 1. The number of amides is 1. The molecule has 0 bridgehead atoms. The van der Waals surface area contributed by atoms with Crippen LogP contribution in [0.3, 0.4) is 0 Å². The highest BCUT2D eigenvalue weighted by Gasteiger charge is 2.62. The summed E-state index contributed by atoms with van der Waals surface area (Å²) in [5, 5.41) is 2.86.